The number of carbonyl (C=O) groups excluding carboxylic acids is 1. The number of pyridine rings is 1. The minimum absolute atomic E-state index is 0.122. The van der Waals surface area contributed by atoms with Crippen molar-refractivity contribution in [3.63, 3.8) is 0 Å². The maximum Gasteiger partial charge on any atom is 0.259 e. The van der Waals surface area contributed by atoms with Crippen molar-refractivity contribution < 1.29 is 14.6 Å². The Morgan fingerprint density at radius 1 is 1.45 bits per heavy atom. The minimum Gasteiger partial charge on any atom is -0.504 e. The van der Waals surface area contributed by atoms with Crippen molar-refractivity contribution in [1.29, 1.82) is 0 Å². The highest BCUT2D eigenvalue weighted by molar-refractivity contribution is 6.30. The van der Waals surface area contributed by atoms with Gasteiger partial charge in [-0.1, -0.05) is 17.7 Å². The Morgan fingerprint density at radius 3 is 2.85 bits per heavy atom. The van der Waals surface area contributed by atoms with Crippen LogP contribution in [0.5, 0.6) is 11.5 Å². The summed E-state index contributed by atoms with van der Waals surface area (Å²) in [4.78, 5) is 16.1. The predicted molar refractivity (Wildman–Crippen MR) is 76.6 cm³/mol. The molecule has 6 heteroatoms. The molecule has 2 N–H and O–H groups in total. The molecule has 2 aromatic rings. The van der Waals surface area contributed by atoms with Gasteiger partial charge in [-0.25, -0.2) is 4.98 Å². The monoisotopic (exact) mass is 292 g/mol. The molecule has 0 spiro atoms. The molecule has 0 saturated heterocycles. The number of para-hydroxylation sites is 1. The van der Waals surface area contributed by atoms with Crippen LogP contribution in [0.4, 0.5) is 5.69 Å². The SMILES string of the molecule is COc1cccc(C(=O)Nc2cnc(Cl)c(C)c2)c1O. The number of aromatic nitrogens is 1. The molecule has 1 aromatic carbocycles. The molecule has 0 atom stereocenters. The number of amides is 1. The van der Waals surface area contributed by atoms with Crippen LogP contribution in [0.1, 0.15) is 15.9 Å². The highest BCUT2D eigenvalue weighted by atomic mass is 35.5. The van der Waals surface area contributed by atoms with Gasteiger partial charge in [0.1, 0.15) is 5.15 Å². The average Bonchev–Trinajstić information content (AvgIpc) is 2.43. The van der Waals surface area contributed by atoms with Gasteiger partial charge in [-0.15, -0.1) is 0 Å². The molecular formula is C14H13ClN2O3. The van der Waals surface area contributed by atoms with Gasteiger partial charge in [0.05, 0.1) is 24.6 Å². The molecule has 1 heterocycles. The van der Waals surface area contributed by atoms with Crippen LogP contribution in [-0.4, -0.2) is 23.1 Å². The van der Waals surface area contributed by atoms with E-state index >= 15 is 0 Å². The number of benzene rings is 1. The molecule has 1 aromatic heterocycles. The van der Waals surface area contributed by atoms with E-state index in [0.29, 0.717) is 10.8 Å². The summed E-state index contributed by atoms with van der Waals surface area (Å²) < 4.78 is 4.96. The summed E-state index contributed by atoms with van der Waals surface area (Å²) in [6.45, 7) is 1.79. The van der Waals surface area contributed by atoms with Gasteiger partial charge in [-0.05, 0) is 30.7 Å². The van der Waals surface area contributed by atoms with Crippen LogP contribution in [0.2, 0.25) is 5.15 Å². The molecule has 0 radical (unpaired) electrons. The third-order valence-electron chi connectivity index (χ3n) is 2.74. The number of aromatic hydroxyl groups is 1. The van der Waals surface area contributed by atoms with Gasteiger partial charge in [-0.2, -0.15) is 0 Å². The Kier molecular flexibility index (Phi) is 4.10. The van der Waals surface area contributed by atoms with Gasteiger partial charge >= 0.3 is 0 Å². The van der Waals surface area contributed by atoms with Gasteiger partial charge in [0.2, 0.25) is 0 Å². The number of ether oxygens (including phenoxy) is 1. The molecule has 2 rings (SSSR count). The zero-order valence-corrected chi connectivity index (χ0v) is 11.7. The molecule has 0 aliphatic rings. The van der Waals surface area contributed by atoms with Gasteiger partial charge in [0.25, 0.3) is 5.91 Å². The number of nitrogens with zero attached hydrogens (tertiary/aromatic N) is 1. The number of phenols is 1. The summed E-state index contributed by atoms with van der Waals surface area (Å²) in [7, 11) is 1.42. The van der Waals surface area contributed by atoms with Gasteiger partial charge < -0.3 is 15.2 Å². The van der Waals surface area contributed by atoms with E-state index in [1.807, 2.05) is 0 Å². The number of hydrogen-bond donors (Lipinski definition) is 2. The van der Waals surface area contributed by atoms with E-state index in [9.17, 15) is 9.90 Å². The maximum absolute atomic E-state index is 12.1. The molecule has 0 unspecified atom stereocenters. The van der Waals surface area contributed by atoms with E-state index in [4.69, 9.17) is 16.3 Å². The van der Waals surface area contributed by atoms with Crippen molar-refractivity contribution >= 4 is 23.2 Å². The molecule has 1 amide bonds. The molecule has 0 fully saturated rings. The zero-order chi connectivity index (χ0) is 14.7. The predicted octanol–water partition coefficient (Wildman–Crippen LogP) is 3.01. The molecule has 0 saturated carbocycles. The fourth-order valence-corrected chi connectivity index (χ4v) is 1.80. The first-order valence-electron chi connectivity index (χ1n) is 5.82. The third kappa shape index (κ3) is 2.83. The van der Waals surface area contributed by atoms with E-state index < -0.39 is 5.91 Å². The summed E-state index contributed by atoms with van der Waals surface area (Å²) in [5.74, 6) is -0.417. The number of anilines is 1. The Labute approximate surface area is 121 Å². The zero-order valence-electron chi connectivity index (χ0n) is 11.0. The van der Waals surface area contributed by atoms with Crippen molar-refractivity contribution in [3.8, 4) is 11.5 Å². The fraction of sp³-hybridized carbons (Fsp3) is 0.143. The Morgan fingerprint density at radius 2 is 2.20 bits per heavy atom. The smallest absolute Gasteiger partial charge is 0.259 e. The van der Waals surface area contributed by atoms with Crippen molar-refractivity contribution in [2.75, 3.05) is 12.4 Å². The van der Waals surface area contributed by atoms with E-state index in [1.54, 1.807) is 25.1 Å². The number of hydrogen-bond acceptors (Lipinski definition) is 4. The second-order valence-corrected chi connectivity index (χ2v) is 4.50. The lowest BCUT2D eigenvalue weighted by Crippen LogP contribution is -2.12. The topological polar surface area (TPSA) is 71.5 Å². The second-order valence-electron chi connectivity index (χ2n) is 4.14. The highest BCUT2D eigenvalue weighted by Crippen LogP contribution is 2.30. The summed E-state index contributed by atoms with van der Waals surface area (Å²) >= 11 is 5.82. The number of phenolic OH excluding ortho intramolecular Hbond substituents is 1. The lowest BCUT2D eigenvalue weighted by molar-refractivity contribution is 0.102. The Balaban J connectivity index is 2.26. The molecule has 5 nitrogen and oxygen atoms in total. The largest absolute Gasteiger partial charge is 0.504 e. The van der Waals surface area contributed by atoms with E-state index in [2.05, 4.69) is 10.3 Å². The maximum atomic E-state index is 12.1. The average molecular weight is 293 g/mol. The lowest BCUT2D eigenvalue weighted by atomic mass is 10.1. The summed E-state index contributed by atoms with van der Waals surface area (Å²) in [6, 6.07) is 6.40. The van der Waals surface area contributed by atoms with E-state index in [1.165, 1.54) is 19.4 Å². The standard InChI is InChI=1S/C14H13ClN2O3/c1-8-6-9(7-16-13(8)15)17-14(19)10-4-3-5-11(20-2)12(10)18/h3-7,18H,1-2H3,(H,17,19). The van der Waals surface area contributed by atoms with Gasteiger partial charge in [0.15, 0.2) is 11.5 Å². The minimum atomic E-state index is -0.454. The van der Waals surface area contributed by atoms with Crippen LogP contribution < -0.4 is 10.1 Å². The third-order valence-corrected chi connectivity index (χ3v) is 3.13. The molecule has 20 heavy (non-hydrogen) atoms. The van der Waals surface area contributed by atoms with Crippen molar-refractivity contribution in [2.45, 2.75) is 6.92 Å². The summed E-state index contributed by atoms with van der Waals surface area (Å²) in [5, 5.41) is 12.9. The number of carbonyl (C=O) groups is 1. The molecule has 0 aliphatic heterocycles. The van der Waals surface area contributed by atoms with Crippen LogP contribution in [0, 0.1) is 6.92 Å². The number of aryl methyl sites for hydroxylation is 1. The summed E-state index contributed by atoms with van der Waals surface area (Å²) in [6.07, 6.45) is 1.45. The quantitative estimate of drug-likeness (QED) is 0.853. The highest BCUT2D eigenvalue weighted by Gasteiger charge is 2.15. The van der Waals surface area contributed by atoms with Crippen LogP contribution in [0.15, 0.2) is 30.5 Å². The number of nitrogens with one attached hydrogen (secondary N) is 1. The van der Waals surface area contributed by atoms with Crippen molar-refractivity contribution in [2.24, 2.45) is 0 Å². The molecular weight excluding hydrogens is 280 g/mol. The van der Waals surface area contributed by atoms with Crippen LogP contribution in [0.3, 0.4) is 0 Å². The molecule has 0 aliphatic carbocycles. The summed E-state index contributed by atoms with van der Waals surface area (Å²) in [5.41, 5.74) is 1.37. The van der Waals surface area contributed by atoms with Crippen LogP contribution >= 0.6 is 11.6 Å². The molecule has 104 valence electrons. The van der Waals surface area contributed by atoms with Crippen LogP contribution in [0.25, 0.3) is 0 Å². The van der Waals surface area contributed by atoms with Gasteiger partial charge in [-0.3, -0.25) is 4.79 Å². The first kappa shape index (κ1) is 14.1. The van der Waals surface area contributed by atoms with Crippen molar-refractivity contribution in [3.05, 3.63) is 46.7 Å². The van der Waals surface area contributed by atoms with Crippen LogP contribution in [-0.2, 0) is 0 Å². The Hall–Kier alpha value is -2.27. The molecule has 0 bridgehead atoms. The second kappa shape index (κ2) is 5.79. The van der Waals surface area contributed by atoms with Gasteiger partial charge in [0, 0.05) is 0 Å². The van der Waals surface area contributed by atoms with E-state index in [0.717, 1.165) is 5.56 Å². The lowest BCUT2D eigenvalue weighted by Gasteiger charge is -2.10. The number of halogens is 1. The van der Waals surface area contributed by atoms with Crippen molar-refractivity contribution in [1.82, 2.24) is 4.98 Å². The number of rotatable bonds is 3. The first-order valence-corrected chi connectivity index (χ1v) is 6.20. The fourth-order valence-electron chi connectivity index (χ4n) is 1.70. The number of methoxy groups -OCH3 is 1. The first-order chi connectivity index (χ1) is 9.52. The Bertz CT molecular complexity index is 659. The van der Waals surface area contributed by atoms with E-state index in [-0.39, 0.29) is 17.1 Å². The normalized spacial score (nSPS) is 10.2.